The minimum absolute atomic E-state index is 0.0327. The van der Waals surface area contributed by atoms with E-state index in [1.54, 1.807) is 0 Å². The van der Waals surface area contributed by atoms with Crippen LogP contribution in [0.4, 0.5) is 5.82 Å². The fourth-order valence-corrected chi connectivity index (χ4v) is 9.75. The van der Waals surface area contributed by atoms with Crippen molar-refractivity contribution in [2.24, 2.45) is 0 Å². The highest BCUT2D eigenvalue weighted by atomic mass is 31.3. The van der Waals surface area contributed by atoms with E-state index in [9.17, 15) is 43.5 Å². The number of hydrogen-bond acceptors (Lipinski definition) is 16. The third-order valence-electron chi connectivity index (χ3n) is 11.8. The lowest BCUT2D eigenvalue weighted by atomic mass is 10.1. The van der Waals surface area contributed by atoms with Crippen LogP contribution in [0.25, 0.3) is 0 Å². The molecule has 2 saturated heterocycles. The summed E-state index contributed by atoms with van der Waals surface area (Å²) in [5.41, 5.74) is 4.58. The number of allylic oxidation sites excluding steroid dienone is 6. The Morgan fingerprint density at radius 3 is 1.90 bits per heavy atom. The molecule has 0 aliphatic carbocycles. The number of esters is 2. The van der Waals surface area contributed by atoms with Crippen LogP contribution < -0.4 is 11.4 Å². The highest BCUT2D eigenvalue weighted by Crippen LogP contribution is 2.60. The maximum Gasteiger partial charge on any atom is 0.481 e. The molecule has 0 aromatic carbocycles. The van der Waals surface area contributed by atoms with E-state index in [0.29, 0.717) is 25.4 Å². The van der Waals surface area contributed by atoms with Gasteiger partial charge < -0.3 is 44.7 Å². The smallest absolute Gasteiger partial charge is 0.462 e. The largest absolute Gasteiger partial charge is 0.481 e. The number of epoxide rings is 1. The number of aliphatic hydroxyl groups is 2. The zero-order chi connectivity index (χ0) is 51.7. The van der Waals surface area contributed by atoms with E-state index in [-0.39, 0.29) is 24.8 Å². The average Bonchev–Trinajstić information content (AvgIpc) is 4.02. The monoisotopic (exact) mass is 1040 g/mol. The molecule has 6 N–H and O–H groups in total. The minimum Gasteiger partial charge on any atom is -0.462 e. The van der Waals surface area contributed by atoms with E-state index >= 15 is 0 Å². The molecule has 9 atom stereocenters. The van der Waals surface area contributed by atoms with E-state index in [4.69, 9.17) is 33.7 Å². The summed E-state index contributed by atoms with van der Waals surface area (Å²) in [6, 6.07) is 1.24. The molecule has 71 heavy (non-hydrogen) atoms. The summed E-state index contributed by atoms with van der Waals surface area (Å²) < 4.78 is 62.5. The summed E-state index contributed by atoms with van der Waals surface area (Å²) in [4.78, 5) is 61.9. The van der Waals surface area contributed by atoms with Gasteiger partial charge in [-0.3, -0.25) is 23.2 Å². The molecule has 0 saturated carbocycles. The fourth-order valence-electron chi connectivity index (χ4n) is 7.64. The molecule has 1 aromatic heterocycles. The van der Waals surface area contributed by atoms with Gasteiger partial charge in [0.15, 0.2) is 12.3 Å². The molecule has 3 rings (SSSR count). The van der Waals surface area contributed by atoms with Crippen molar-refractivity contribution in [3.05, 3.63) is 71.4 Å². The second-order valence-corrected chi connectivity index (χ2v) is 21.1. The molecule has 4 unspecified atom stereocenters. The van der Waals surface area contributed by atoms with Crippen LogP contribution in [0.5, 0.6) is 0 Å². The standard InChI is InChI=1S/C50H83N3O16P2/c1-3-5-7-9-11-12-13-14-15-16-17-18-21-25-29-33-45(54)63-37-40(66-46(55)34-30-26-22-19-20-24-28-32-42-41(67-42)31-27-23-10-8-6-4-2)38-64-70(59,60)69-71(61,62)65-39-43-47(56)48(57)49(68-43)53-36-35-44(51)52-50(53)58/h12-13,19,22-24,27-28,35-36,40-43,47-49,56-57H,3-11,14-18,20-21,25-26,29-34,37-39H2,1-2H3,(H,59,60)(H,61,62)(H2,51,52,58)/b13-12-,22-19-,27-23-,28-24-/t40-,41?,42?,43-,47-,48-,49-/m1/s1. The van der Waals surface area contributed by atoms with Crippen molar-refractivity contribution in [2.75, 3.05) is 25.6 Å². The summed E-state index contributed by atoms with van der Waals surface area (Å²) in [5.74, 6) is -1.38. The molecule has 21 heteroatoms. The number of unbranched alkanes of at least 4 members (excludes halogenated alkanes) is 15. The summed E-state index contributed by atoms with van der Waals surface area (Å²) >= 11 is 0. The summed E-state index contributed by atoms with van der Waals surface area (Å²) in [6.45, 7) is 2.05. The third kappa shape index (κ3) is 28.1. The number of carbonyl (C=O) groups is 2. The average molecular weight is 1040 g/mol. The molecule has 2 aliphatic rings. The first-order valence-corrected chi connectivity index (χ1v) is 28.8. The molecule has 19 nitrogen and oxygen atoms in total. The van der Waals surface area contributed by atoms with Crippen molar-refractivity contribution in [2.45, 2.75) is 211 Å². The van der Waals surface area contributed by atoms with Crippen LogP contribution in [0.1, 0.15) is 174 Å². The number of phosphoric ester groups is 2. The Kier molecular flexibility index (Phi) is 31.2. The number of nitrogens with two attached hydrogens (primary N) is 1. The van der Waals surface area contributed by atoms with Crippen molar-refractivity contribution < 1.29 is 71.0 Å². The second kappa shape index (κ2) is 35.8. The first kappa shape index (κ1) is 62.0. The van der Waals surface area contributed by atoms with Gasteiger partial charge in [-0.2, -0.15) is 9.29 Å². The molecular weight excluding hydrogens is 961 g/mol. The Morgan fingerprint density at radius 2 is 1.23 bits per heavy atom. The number of ether oxygens (including phenoxy) is 4. The first-order valence-electron chi connectivity index (χ1n) is 25.8. The number of nitrogen functional groups attached to an aromatic ring is 1. The zero-order valence-corrected chi connectivity index (χ0v) is 43.7. The van der Waals surface area contributed by atoms with E-state index < -0.39 is 83.7 Å². The molecule has 0 spiro atoms. The Bertz CT molecular complexity index is 1950. The highest BCUT2D eigenvalue weighted by molar-refractivity contribution is 7.61. The van der Waals surface area contributed by atoms with Gasteiger partial charge in [0.1, 0.15) is 30.7 Å². The van der Waals surface area contributed by atoms with Crippen LogP contribution in [0.2, 0.25) is 0 Å². The van der Waals surface area contributed by atoms with E-state index in [1.807, 2.05) is 12.2 Å². The molecule has 2 aliphatic heterocycles. The van der Waals surface area contributed by atoms with Gasteiger partial charge in [-0.15, -0.1) is 0 Å². The lowest BCUT2D eigenvalue weighted by Gasteiger charge is -2.21. The molecule has 0 amide bonds. The SMILES string of the molecule is CCCCC/C=C\CC1OC1C/C=C\C/C=C\CCCC(=O)O[C@H](COC(=O)CCCCCCCCC/C=C\CCCCCC)COP(=O)(O)OP(=O)(O)OC[C@H]1O[C@@H](n2ccc(N)nc2=O)[C@H](O)[C@@H]1O. The van der Waals surface area contributed by atoms with E-state index in [2.05, 4.69) is 59.6 Å². The highest BCUT2D eigenvalue weighted by Gasteiger charge is 2.46. The van der Waals surface area contributed by atoms with Gasteiger partial charge in [0, 0.05) is 19.0 Å². The van der Waals surface area contributed by atoms with Crippen LogP contribution in [0, 0.1) is 0 Å². The van der Waals surface area contributed by atoms with Crippen molar-refractivity contribution in [1.82, 2.24) is 9.55 Å². The first-order chi connectivity index (χ1) is 34.1. The van der Waals surface area contributed by atoms with Crippen molar-refractivity contribution in [3.63, 3.8) is 0 Å². The number of anilines is 1. The van der Waals surface area contributed by atoms with Gasteiger partial charge in [0.25, 0.3) is 0 Å². The van der Waals surface area contributed by atoms with Crippen LogP contribution in [0.15, 0.2) is 65.7 Å². The molecule has 404 valence electrons. The Balaban J connectivity index is 1.41. The molecule has 3 heterocycles. The van der Waals surface area contributed by atoms with Crippen LogP contribution in [0.3, 0.4) is 0 Å². The Morgan fingerprint density at radius 1 is 0.690 bits per heavy atom. The van der Waals surface area contributed by atoms with E-state index in [0.717, 1.165) is 87.8 Å². The van der Waals surface area contributed by atoms with Crippen molar-refractivity contribution in [1.29, 1.82) is 0 Å². The van der Waals surface area contributed by atoms with Crippen LogP contribution in [-0.4, -0.2) is 97.9 Å². The van der Waals surface area contributed by atoms with Gasteiger partial charge in [0.2, 0.25) is 0 Å². The normalized spacial score (nSPS) is 22.4. The predicted molar refractivity (Wildman–Crippen MR) is 270 cm³/mol. The quantitative estimate of drug-likeness (QED) is 0.0134. The maximum absolute atomic E-state index is 12.9. The van der Waals surface area contributed by atoms with Crippen LogP contribution in [-0.2, 0) is 51.0 Å². The summed E-state index contributed by atoms with van der Waals surface area (Å²) in [6.07, 6.45) is 33.6. The van der Waals surface area contributed by atoms with E-state index in [1.165, 1.54) is 51.0 Å². The number of aromatic nitrogens is 2. The van der Waals surface area contributed by atoms with Gasteiger partial charge >= 0.3 is 33.3 Å². The number of phosphoric acid groups is 2. The summed E-state index contributed by atoms with van der Waals surface area (Å²) in [7, 11) is -10.9. The molecule has 1 aromatic rings. The number of aliphatic hydroxyl groups excluding tert-OH is 2. The lowest BCUT2D eigenvalue weighted by Crippen LogP contribution is -2.36. The second-order valence-electron chi connectivity index (χ2n) is 18.1. The maximum atomic E-state index is 12.9. The number of rotatable bonds is 41. The fraction of sp³-hybridized carbons (Fsp3) is 0.720. The number of nitrogens with zero attached hydrogens (tertiary/aromatic N) is 2. The van der Waals surface area contributed by atoms with Crippen molar-refractivity contribution in [3.8, 4) is 0 Å². The predicted octanol–water partition coefficient (Wildman–Crippen LogP) is 9.54. The summed E-state index contributed by atoms with van der Waals surface area (Å²) in [5, 5.41) is 20.9. The zero-order valence-electron chi connectivity index (χ0n) is 42.0. The molecule has 0 bridgehead atoms. The van der Waals surface area contributed by atoms with Gasteiger partial charge in [-0.25, -0.2) is 13.9 Å². The Labute approximate surface area is 420 Å². The van der Waals surface area contributed by atoms with Crippen LogP contribution >= 0.6 is 15.6 Å². The molecular formula is C50H83N3O16P2. The third-order valence-corrected chi connectivity index (χ3v) is 14.4. The number of carbonyl (C=O) groups excluding carboxylic acids is 2. The van der Waals surface area contributed by atoms with Gasteiger partial charge in [-0.05, 0) is 83.1 Å². The molecule has 2 fully saturated rings. The Hall–Kier alpha value is -3.32. The van der Waals surface area contributed by atoms with Gasteiger partial charge in [0.05, 0.1) is 25.4 Å². The number of hydrogen-bond donors (Lipinski definition) is 5. The topological polar surface area (TPSA) is 278 Å². The molecule has 0 radical (unpaired) electrons. The van der Waals surface area contributed by atoms with Gasteiger partial charge in [-0.1, -0.05) is 127 Å². The lowest BCUT2D eigenvalue weighted by molar-refractivity contribution is -0.161. The minimum atomic E-state index is -5.44. The van der Waals surface area contributed by atoms with Crippen molar-refractivity contribution >= 4 is 33.4 Å².